The monoisotopic (exact) mass is 246 g/mol. The van der Waals surface area contributed by atoms with Crippen LogP contribution in [0, 0.1) is 0 Å². The molecule has 2 nitrogen and oxygen atoms in total. The van der Waals surface area contributed by atoms with Gasteiger partial charge in [0.15, 0.2) is 0 Å². The lowest BCUT2D eigenvalue weighted by molar-refractivity contribution is 0.116. The lowest BCUT2D eigenvalue weighted by Gasteiger charge is -2.39. The summed E-state index contributed by atoms with van der Waals surface area (Å²) in [5.74, 6) is 0. The molecule has 2 N–H and O–H groups in total. The van der Waals surface area contributed by atoms with E-state index in [-0.39, 0.29) is 11.6 Å². The number of likely N-dealkylation sites (tertiary alicyclic amines) is 1. The maximum absolute atomic E-state index is 6.38. The van der Waals surface area contributed by atoms with Crippen molar-refractivity contribution in [2.75, 3.05) is 6.54 Å². The van der Waals surface area contributed by atoms with Gasteiger partial charge in [0.2, 0.25) is 0 Å². The molecule has 0 radical (unpaired) electrons. The van der Waals surface area contributed by atoms with Crippen LogP contribution in [0.3, 0.4) is 0 Å². The highest BCUT2D eigenvalue weighted by Gasteiger charge is 2.39. The molecular weight excluding hydrogens is 220 g/mol. The van der Waals surface area contributed by atoms with E-state index in [1.165, 1.54) is 11.1 Å². The summed E-state index contributed by atoms with van der Waals surface area (Å²) in [4.78, 5) is 2.56. The van der Waals surface area contributed by atoms with Crippen LogP contribution in [-0.4, -0.2) is 23.0 Å². The summed E-state index contributed by atoms with van der Waals surface area (Å²) in [6, 6.07) is 9.40. The normalized spacial score (nSPS) is 25.6. The predicted octanol–water partition coefficient (Wildman–Crippen LogP) is 3.12. The molecule has 1 heterocycles. The first kappa shape index (κ1) is 13.6. The third-order valence-electron chi connectivity index (χ3n) is 4.06. The fraction of sp³-hybridized carbons (Fsp3) is 0.625. The van der Waals surface area contributed by atoms with Crippen LogP contribution in [-0.2, 0) is 6.42 Å². The molecular formula is C16H26N2. The molecule has 2 atom stereocenters. The van der Waals surface area contributed by atoms with E-state index in [4.69, 9.17) is 5.73 Å². The van der Waals surface area contributed by atoms with E-state index < -0.39 is 0 Å². The van der Waals surface area contributed by atoms with E-state index in [1.807, 2.05) is 0 Å². The number of nitrogens with zero attached hydrogens (tertiary/aromatic N) is 1. The molecule has 1 aromatic carbocycles. The highest BCUT2D eigenvalue weighted by Crippen LogP contribution is 2.37. The zero-order chi connectivity index (χ0) is 13.3. The van der Waals surface area contributed by atoms with Gasteiger partial charge in [-0.3, -0.25) is 4.90 Å². The van der Waals surface area contributed by atoms with Crippen molar-refractivity contribution in [3.63, 3.8) is 0 Å². The Balaban J connectivity index is 2.40. The van der Waals surface area contributed by atoms with Gasteiger partial charge in [-0.1, -0.05) is 31.2 Å². The molecule has 0 spiro atoms. The number of aryl methyl sites for hydroxylation is 1. The summed E-state index contributed by atoms with van der Waals surface area (Å²) >= 11 is 0. The SMILES string of the molecule is CCc1ccccc1C1C(N)CCN1C(C)(C)C. The summed E-state index contributed by atoms with van der Waals surface area (Å²) in [5.41, 5.74) is 9.43. The maximum atomic E-state index is 6.38. The third-order valence-corrected chi connectivity index (χ3v) is 4.06. The second-order valence-corrected chi connectivity index (χ2v) is 6.31. The first-order chi connectivity index (χ1) is 8.45. The molecule has 100 valence electrons. The topological polar surface area (TPSA) is 29.3 Å². The molecule has 2 rings (SSSR count). The lowest BCUT2D eigenvalue weighted by atomic mass is 9.92. The summed E-state index contributed by atoms with van der Waals surface area (Å²) in [6.07, 6.45) is 2.18. The number of rotatable bonds is 2. The average Bonchev–Trinajstić information content (AvgIpc) is 2.70. The Morgan fingerprint density at radius 3 is 2.56 bits per heavy atom. The fourth-order valence-electron chi connectivity index (χ4n) is 3.11. The Labute approximate surface area is 111 Å². The van der Waals surface area contributed by atoms with E-state index in [2.05, 4.69) is 56.9 Å². The smallest absolute Gasteiger partial charge is 0.0507 e. The van der Waals surface area contributed by atoms with Crippen LogP contribution in [0.25, 0.3) is 0 Å². The van der Waals surface area contributed by atoms with Gasteiger partial charge < -0.3 is 5.73 Å². The first-order valence-electron chi connectivity index (χ1n) is 7.05. The molecule has 0 bridgehead atoms. The minimum atomic E-state index is 0.180. The Kier molecular flexibility index (Phi) is 3.79. The van der Waals surface area contributed by atoms with Crippen LogP contribution in [0.1, 0.15) is 51.3 Å². The number of hydrogen-bond donors (Lipinski definition) is 1. The third kappa shape index (κ3) is 2.45. The van der Waals surface area contributed by atoms with Crippen LogP contribution in [0.5, 0.6) is 0 Å². The first-order valence-corrected chi connectivity index (χ1v) is 7.05. The van der Waals surface area contributed by atoms with Gasteiger partial charge in [-0.2, -0.15) is 0 Å². The Morgan fingerprint density at radius 1 is 1.28 bits per heavy atom. The summed E-state index contributed by atoms with van der Waals surface area (Å²) < 4.78 is 0. The molecule has 0 amide bonds. The minimum absolute atomic E-state index is 0.180. The van der Waals surface area contributed by atoms with Gasteiger partial charge in [0.25, 0.3) is 0 Å². The second kappa shape index (κ2) is 5.02. The summed E-state index contributed by atoms with van der Waals surface area (Å²) in [6.45, 7) is 10.2. The Morgan fingerprint density at radius 2 is 1.94 bits per heavy atom. The fourth-order valence-corrected chi connectivity index (χ4v) is 3.11. The van der Waals surface area contributed by atoms with Gasteiger partial charge >= 0.3 is 0 Å². The van der Waals surface area contributed by atoms with Crippen molar-refractivity contribution in [3.8, 4) is 0 Å². The minimum Gasteiger partial charge on any atom is -0.326 e. The highest BCUT2D eigenvalue weighted by molar-refractivity contribution is 5.32. The molecule has 1 aliphatic rings. The van der Waals surface area contributed by atoms with Crippen LogP contribution in [0.2, 0.25) is 0 Å². The van der Waals surface area contributed by atoms with E-state index >= 15 is 0 Å². The molecule has 1 fully saturated rings. The van der Waals surface area contributed by atoms with Crippen molar-refractivity contribution in [2.45, 2.75) is 58.2 Å². The average molecular weight is 246 g/mol. The van der Waals surface area contributed by atoms with Gasteiger partial charge in [0, 0.05) is 18.1 Å². The quantitative estimate of drug-likeness (QED) is 0.868. The van der Waals surface area contributed by atoms with Crippen molar-refractivity contribution >= 4 is 0 Å². The Bertz CT molecular complexity index is 406. The van der Waals surface area contributed by atoms with Crippen molar-refractivity contribution in [3.05, 3.63) is 35.4 Å². The maximum Gasteiger partial charge on any atom is 0.0507 e. The van der Waals surface area contributed by atoms with Crippen molar-refractivity contribution in [2.24, 2.45) is 5.73 Å². The van der Waals surface area contributed by atoms with Crippen molar-refractivity contribution in [1.82, 2.24) is 4.90 Å². The number of benzene rings is 1. The van der Waals surface area contributed by atoms with Gasteiger partial charge in [0.05, 0.1) is 6.04 Å². The second-order valence-electron chi connectivity index (χ2n) is 6.31. The molecule has 0 aliphatic carbocycles. The number of nitrogens with two attached hydrogens (primary N) is 1. The van der Waals surface area contributed by atoms with Crippen LogP contribution < -0.4 is 5.73 Å². The van der Waals surface area contributed by atoms with E-state index in [0.717, 1.165) is 19.4 Å². The molecule has 1 aromatic rings. The van der Waals surface area contributed by atoms with Gasteiger partial charge in [-0.05, 0) is 44.7 Å². The Hall–Kier alpha value is -0.860. The molecule has 2 heteroatoms. The molecule has 0 aromatic heterocycles. The summed E-state index contributed by atoms with van der Waals surface area (Å²) in [7, 11) is 0. The standard InChI is InChI=1S/C16H26N2/c1-5-12-8-6-7-9-13(12)15-14(17)10-11-18(15)16(2,3)4/h6-9,14-15H,5,10-11,17H2,1-4H3. The highest BCUT2D eigenvalue weighted by atomic mass is 15.3. The molecule has 1 aliphatic heterocycles. The van der Waals surface area contributed by atoms with Gasteiger partial charge in [0.1, 0.15) is 0 Å². The number of hydrogen-bond acceptors (Lipinski definition) is 2. The van der Waals surface area contributed by atoms with Crippen LogP contribution >= 0.6 is 0 Å². The zero-order valence-corrected chi connectivity index (χ0v) is 12.1. The lowest BCUT2D eigenvalue weighted by Crippen LogP contribution is -2.43. The summed E-state index contributed by atoms with van der Waals surface area (Å²) in [5, 5.41) is 0. The van der Waals surface area contributed by atoms with Crippen molar-refractivity contribution < 1.29 is 0 Å². The van der Waals surface area contributed by atoms with Gasteiger partial charge in [-0.25, -0.2) is 0 Å². The largest absolute Gasteiger partial charge is 0.326 e. The van der Waals surface area contributed by atoms with E-state index in [9.17, 15) is 0 Å². The van der Waals surface area contributed by atoms with E-state index in [1.54, 1.807) is 0 Å². The molecule has 1 saturated heterocycles. The van der Waals surface area contributed by atoms with Crippen LogP contribution in [0.4, 0.5) is 0 Å². The molecule has 2 unspecified atom stereocenters. The predicted molar refractivity (Wildman–Crippen MR) is 77.6 cm³/mol. The molecule has 0 saturated carbocycles. The van der Waals surface area contributed by atoms with Crippen LogP contribution in [0.15, 0.2) is 24.3 Å². The van der Waals surface area contributed by atoms with Gasteiger partial charge in [-0.15, -0.1) is 0 Å². The molecule has 18 heavy (non-hydrogen) atoms. The zero-order valence-electron chi connectivity index (χ0n) is 12.1. The van der Waals surface area contributed by atoms with E-state index in [0.29, 0.717) is 6.04 Å². The van der Waals surface area contributed by atoms with Crippen molar-refractivity contribution in [1.29, 1.82) is 0 Å².